The van der Waals surface area contributed by atoms with Crippen LogP contribution in [0.15, 0.2) is 36.4 Å². The van der Waals surface area contributed by atoms with Gasteiger partial charge in [-0.15, -0.1) is 0 Å². The van der Waals surface area contributed by atoms with Crippen LogP contribution in [-0.2, 0) is 4.79 Å². The van der Waals surface area contributed by atoms with Crippen LogP contribution in [0.1, 0.15) is 30.6 Å². The molecular weight excluding hydrogens is 437 g/mol. The molecule has 3 rings (SSSR count). The summed E-state index contributed by atoms with van der Waals surface area (Å²) in [5, 5.41) is 3.76. The minimum Gasteiger partial charge on any atom is -0.495 e. The van der Waals surface area contributed by atoms with Crippen molar-refractivity contribution >= 4 is 46.4 Å². The van der Waals surface area contributed by atoms with Crippen LogP contribution >= 0.6 is 23.2 Å². The van der Waals surface area contributed by atoms with Gasteiger partial charge in [-0.05, 0) is 42.3 Å². The molecule has 0 spiro atoms. The largest absolute Gasteiger partial charge is 0.495 e. The molecule has 1 fully saturated rings. The van der Waals surface area contributed by atoms with Crippen molar-refractivity contribution in [1.82, 2.24) is 4.90 Å². The molecule has 0 unspecified atom stereocenters. The summed E-state index contributed by atoms with van der Waals surface area (Å²) in [6.45, 7) is 6.91. The number of nitrogens with one attached hydrogen (secondary N) is 1. The van der Waals surface area contributed by atoms with Crippen LogP contribution in [0.25, 0.3) is 0 Å². The molecular formula is C23H27Cl2N3O3. The number of benzene rings is 2. The first kappa shape index (κ1) is 23.2. The third-order valence-electron chi connectivity index (χ3n) is 5.18. The van der Waals surface area contributed by atoms with E-state index >= 15 is 0 Å². The standard InChI is InChI=1S/C23H27Cl2N3O3/c1-15(2)12-22(29)28-10-8-27(9-11-28)20-6-5-17(14-18(20)24)26-23(30)16-4-7-21(31-3)19(25)13-16/h4-7,13-15H,8-12H2,1-3H3,(H,26,30). The van der Waals surface area contributed by atoms with Gasteiger partial charge in [0.15, 0.2) is 0 Å². The summed E-state index contributed by atoms with van der Waals surface area (Å²) in [4.78, 5) is 28.9. The number of hydrogen-bond acceptors (Lipinski definition) is 4. The molecule has 1 N–H and O–H groups in total. The fourth-order valence-electron chi connectivity index (χ4n) is 3.53. The number of piperazine rings is 1. The van der Waals surface area contributed by atoms with Crippen molar-refractivity contribution in [2.24, 2.45) is 5.92 Å². The molecule has 0 atom stereocenters. The molecule has 0 aliphatic carbocycles. The predicted molar refractivity (Wildman–Crippen MR) is 126 cm³/mol. The third kappa shape index (κ3) is 5.83. The molecule has 8 heteroatoms. The van der Waals surface area contributed by atoms with Gasteiger partial charge in [-0.1, -0.05) is 37.0 Å². The second-order valence-electron chi connectivity index (χ2n) is 7.94. The zero-order valence-corrected chi connectivity index (χ0v) is 19.5. The first-order valence-corrected chi connectivity index (χ1v) is 11.0. The van der Waals surface area contributed by atoms with Crippen molar-refractivity contribution in [1.29, 1.82) is 0 Å². The lowest BCUT2D eigenvalue weighted by Crippen LogP contribution is -2.49. The second kappa shape index (κ2) is 10.2. The lowest BCUT2D eigenvalue weighted by atomic mass is 10.1. The Morgan fingerprint density at radius 3 is 2.32 bits per heavy atom. The Balaban J connectivity index is 1.62. The number of amides is 2. The van der Waals surface area contributed by atoms with Crippen molar-refractivity contribution in [3.8, 4) is 5.75 Å². The lowest BCUT2D eigenvalue weighted by molar-refractivity contribution is -0.132. The van der Waals surface area contributed by atoms with E-state index in [1.807, 2.05) is 17.0 Å². The maximum atomic E-state index is 12.5. The van der Waals surface area contributed by atoms with E-state index in [9.17, 15) is 9.59 Å². The average molecular weight is 464 g/mol. The fourth-order valence-corrected chi connectivity index (χ4v) is 4.08. The van der Waals surface area contributed by atoms with Crippen molar-refractivity contribution in [2.45, 2.75) is 20.3 Å². The maximum Gasteiger partial charge on any atom is 0.255 e. The molecule has 0 bridgehead atoms. The molecule has 0 saturated carbocycles. The number of nitrogens with zero attached hydrogens (tertiary/aromatic N) is 2. The van der Waals surface area contributed by atoms with Gasteiger partial charge >= 0.3 is 0 Å². The van der Waals surface area contributed by atoms with Crippen molar-refractivity contribution < 1.29 is 14.3 Å². The number of anilines is 2. The molecule has 1 aliphatic rings. The van der Waals surface area contributed by atoms with Crippen LogP contribution < -0.4 is 15.0 Å². The highest BCUT2D eigenvalue weighted by molar-refractivity contribution is 6.34. The second-order valence-corrected chi connectivity index (χ2v) is 8.75. The van der Waals surface area contributed by atoms with Gasteiger partial charge in [-0.2, -0.15) is 0 Å². The smallest absolute Gasteiger partial charge is 0.255 e. The highest BCUT2D eigenvalue weighted by atomic mass is 35.5. The number of methoxy groups -OCH3 is 1. The first-order chi connectivity index (χ1) is 14.8. The monoisotopic (exact) mass is 463 g/mol. The molecule has 0 aromatic heterocycles. The maximum absolute atomic E-state index is 12.5. The Labute approximate surface area is 193 Å². The van der Waals surface area contributed by atoms with Gasteiger partial charge < -0.3 is 19.9 Å². The summed E-state index contributed by atoms with van der Waals surface area (Å²) < 4.78 is 5.11. The highest BCUT2D eigenvalue weighted by Crippen LogP contribution is 2.30. The summed E-state index contributed by atoms with van der Waals surface area (Å²) in [7, 11) is 1.52. The number of carbonyl (C=O) groups excluding carboxylic acids is 2. The third-order valence-corrected chi connectivity index (χ3v) is 5.77. The Kier molecular flexibility index (Phi) is 7.68. The molecule has 2 aromatic rings. The van der Waals surface area contributed by atoms with Gasteiger partial charge in [-0.25, -0.2) is 0 Å². The number of carbonyl (C=O) groups is 2. The summed E-state index contributed by atoms with van der Waals surface area (Å²) in [5.41, 5.74) is 1.91. The molecule has 1 aliphatic heterocycles. The van der Waals surface area contributed by atoms with Crippen LogP contribution in [0.5, 0.6) is 5.75 Å². The molecule has 166 valence electrons. The fraction of sp³-hybridized carbons (Fsp3) is 0.391. The van der Waals surface area contributed by atoms with E-state index in [0.29, 0.717) is 52.5 Å². The molecule has 2 amide bonds. The number of hydrogen-bond donors (Lipinski definition) is 1. The SMILES string of the molecule is COc1ccc(C(=O)Nc2ccc(N3CCN(C(=O)CC(C)C)CC3)c(Cl)c2)cc1Cl. The summed E-state index contributed by atoms with van der Waals surface area (Å²) in [5.74, 6) is 0.788. The van der Waals surface area contributed by atoms with E-state index in [4.69, 9.17) is 27.9 Å². The lowest BCUT2D eigenvalue weighted by Gasteiger charge is -2.36. The minimum atomic E-state index is -0.286. The van der Waals surface area contributed by atoms with Crippen molar-refractivity contribution in [2.75, 3.05) is 43.5 Å². The molecule has 1 heterocycles. The Morgan fingerprint density at radius 1 is 1.03 bits per heavy atom. The van der Waals surface area contributed by atoms with Crippen LogP contribution in [-0.4, -0.2) is 50.0 Å². The number of rotatable bonds is 6. The van der Waals surface area contributed by atoms with E-state index in [-0.39, 0.29) is 11.8 Å². The Hall–Kier alpha value is -2.44. The molecule has 2 aromatic carbocycles. The van der Waals surface area contributed by atoms with Gasteiger partial charge in [0.2, 0.25) is 5.91 Å². The van der Waals surface area contributed by atoms with Gasteiger partial charge in [0, 0.05) is 43.9 Å². The van der Waals surface area contributed by atoms with Crippen LogP contribution in [0.4, 0.5) is 11.4 Å². The van der Waals surface area contributed by atoms with Gasteiger partial charge in [-0.3, -0.25) is 9.59 Å². The van der Waals surface area contributed by atoms with Gasteiger partial charge in [0.05, 0.1) is 22.8 Å². The summed E-state index contributed by atoms with van der Waals surface area (Å²) in [6, 6.07) is 10.3. The zero-order chi connectivity index (χ0) is 22.5. The summed E-state index contributed by atoms with van der Waals surface area (Å²) in [6.07, 6.45) is 0.578. The van der Waals surface area contributed by atoms with Gasteiger partial charge in [0.1, 0.15) is 5.75 Å². The van der Waals surface area contributed by atoms with E-state index in [1.54, 1.807) is 24.3 Å². The topological polar surface area (TPSA) is 61.9 Å². The first-order valence-electron chi connectivity index (χ1n) is 10.3. The average Bonchev–Trinajstić information content (AvgIpc) is 2.73. The van der Waals surface area contributed by atoms with Crippen molar-refractivity contribution in [3.05, 3.63) is 52.0 Å². The zero-order valence-electron chi connectivity index (χ0n) is 18.0. The van der Waals surface area contributed by atoms with Crippen LogP contribution in [0.2, 0.25) is 10.0 Å². The van der Waals surface area contributed by atoms with Crippen LogP contribution in [0, 0.1) is 5.92 Å². The number of halogens is 2. The highest BCUT2D eigenvalue weighted by Gasteiger charge is 2.23. The summed E-state index contributed by atoms with van der Waals surface area (Å²) >= 11 is 12.6. The molecule has 0 radical (unpaired) electrons. The van der Waals surface area contributed by atoms with E-state index in [2.05, 4.69) is 24.1 Å². The van der Waals surface area contributed by atoms with E-state index < -0.39 is 0 Å². The Bertz CT molecular complexity index is 957. The number of ether oxygens (including phenoxy) is 1. The van der Waals surface area contributed by atoms with Crippen molar-refractivity contribution in [3.63, 3.8) is 0 Å². The van der Waals surface area contributed by atoms with Gasteiger partial charge in [0.25, 0.3) is 5.91 Å². The normalized spacial score (nSPS) is 14.0. The van der Waals surface area contributed by atoms with E-state index in [1.165, 1.54) is 7.11 Å². The molecule has 31 heavy (non-hydrogen) atoms. The minimum absolute atomic E-state index is 0.206. The van der Waals surface area contributed by atoms with E-state index in [0.717, 1.165) is 18.8 Å². The molecule has 1 saturated heterocycles. The predicted octanol–water partition coefficient (Wildman–Crippen LogP) is 4.95. The quantitative estimate of drug-likeness (QED) is 0.658. The van der Waals surface area contributed by atoms with Crippen LogP contribution in [0.3, 0.4) is 0 Å². The Morgan fingerprint density at radius 2 is 1.74 bits per heavy atom. The molecule has 6 nitrogen and oxygen atoms in total.